The number of hydrogen-bond donors (Lipinski definition) is 0. The zero-order valence-corrected chi connectivity index (χ0v) is 8.03. The molecule has 1 aliphatic rings. The Hall–Kier alpha value is -1.60. The molecule has 1 aliphatic heterocycles. The lowest BCUT2D eigenvalue weighted by Crippen LogP contribution is -2.30. The number of hydrogen-bond acceptors (Lipinski definition) is 2. The summed E-state index contributed by atoms with van der Waals surface area (Å²) in [7, 11) is 0. The van der Waals surface area contributed by atoms with Gasteiger partial charge in [0.2, 0.25) is 0 Å². The molecule has 0 radical (unpaired) electrons. The molecule has 0 spiro atoms. The van der Waals surface area contributed by atoms with Crippen LogP contribution in [0.3, 0.4) is 0 Å². The summed E-state index contributed by atoms with van der Waals surface area (Å²) in [5.74, 6) is -0.400. The molecule has 0 N–H and O–H groups in total. The summed E-state index contributed by atoms with van der Waals surface area (Å²) < 4.78 is 0. The number of amides is 2. The molecule has 0 unspecified atom stereocenters. The van der Waals surface area contributed by atoms with Gasteiger partial charge in [-0.3, -0.25) is 14.5 Å². The van der Waals surface area contributed by atoms with Gasteiger partial charge in [-0.1, -0.05) is 6.58 Å². The first-order chi connectivity index (χ1) is 6.75. The van der Waals surface area contributed by atoms with Crippen molar-refractivity contribution in [1.29, 1.82) is 0 Å². The Morgan fingerprint density at radius 1 is 1.29 bits per heavy atom. The second-order valence-corrected chi connectivity index (χ2v) is 3.07. The first-order valence-electron chi connectivity index (χ1n) is 4.63. The van der Waals surface area contributed by atoms with E-state index in [1.807, 2.05) is 6.08 Å². The maximum atomic E-state index is 11.1. The number of unbranched alkanes of at least 4 members (excludes halogenated alkanes) is 2. The summed E-state index contributed by atoms with van der Waals surface area (Å²) in [4.78, 5) is 23.4. The van der Waals surface area contributed by atoms with E-state index in [4.69, 9.17) is 0 Å². The molecule has 0 aromatic rings. The van der Waals surface area contributed by atoms with Crippen molar-refractivity contribution in [3.05, 3.63) is 30.5 Å². The van der Waals surface area contributed by atoms with Gasteiger partial charge >= 0.3 is 0 Å². The van der Waals surface area contributed by atoms with Gasteiger partial charge in [0.1, 0.15) is 0 Å². The highest BCUT2D eigenvalue weighted by molar-refractivity contribution is 6.12. The van der Waals surface area contributed by atoms with Crippen molar-refractivity contribution >= 4 is 11.8 Å². The molecular formula is C11H13NO2. The third kappa shape index (κ3) is 2.71. The molecule has 3 heteroatoms. The molecular weight excluding hydrogens is 178 g/mol. The molecule has 14 heavy (non-hydrogen) atoms. The molecule has 3 nitrogen and oxygen atoms in total. The zero-order valence-electron chi connectivity index (χ0n) is 8.03. The molecule has 0 fully saturated rings. The van der Waals surface area contributed by atoms with Crippen LogP contribution in [-0.4, -0.2) is 23.3 Å². The van der Waals surface area contributed by atoms with Crippen molar-refractivity contribution in [3.8, 4) is 0 Å². The minimum Gasteiger partial charge on any atom is -0.275 e. The predicted octanol–water partition coefficient (Wildman–Crippen LogP) is 1.42. The standard InChI is InChI=1S/C11H13NO2/c1-2-3-4-5-6-9-12-10(13)7-8-11(12)14/h3,7-8H,1,4-6,9H2. The molecule has 0 aromatic heterocycles. The number of rotatable bonds is 5. The Morgan fingerprint density at radius 3 is 2.50 bits per heavy atom. The fourth-order valence-electron chi connectivity index (χ4n) is 1.27. The van der Waals surface area contributed by atoms with Gasteiger partial charge in [-0.15, -0.1) is 5.73 Å². The molecule has 0 saturated carbocycles. The number of imide groups is 1. The van der Waals surface area contributed by atoms with Crippen LogP contribution >= 0.6 is 0 Å². The van der Waals surface area contributed by atoms with Crippen molar-refractivity contribution in [3.63, 3.8) is 0 Å². The molecule has 0 aromatic carbocycles. The second-order valence-electron chi connectivity index (χ2n) is 3.07. The van der Waals surface area contributed by atoms with E-state index in [2.05, 4.69) is 12.3 Å². The van der Waals surface area contributed by atoms with Gasteiger partial charge in [0.05, 0.1) is 0 Å². The van der Waals surface area contributed by atoms with Gasteiger partial charge in [0, 0.05) is 18.7 Å². The quantitative estimate of drug-likeness (QED) is 0.374. The maximum Gasteiger partial charge on any atom is 0.253 e. The monoisotopic (exact) mass is 191 g/mol. The smallest absolute Gasteiger partial charge is 0.253 e. The Kier molecular flexibility index (Phi) is 3.89. The number of nitrogens with zero attached hydrogens (tertiary/aromatic N) is 1. The van der Waals surface area contributed by atoms with Crippen LogP contribution in [0.5, 0.6) is 0 Å². The Labute approximate surface area is 83.4 Å². The van der Waals surface area contributed by atoms with Gasteiger partial charge in [-0.2, -0.15) is 0 Å². The van der Waals surface area contributed by atoms with Crippen molar-refractivity contribution in [2.24, 2.45) is 0 Å². The van der Waals surface area contributed by atoms with E-state index in [0.29, 0.717) is 6.54 Å². The lowest BCUT2D eigenvalue weighted by Gasteiger charge is -2.12. The van der Waals surface area contributed by atoms with E-state index in [-0.39, 0.29) is 11.8 Å². The van der Waals surface area contributed by atoms with Crippen LogP contribution in [0.4, 0.5) is 0 Å². The van der Waals surface area contributed by atoms with E-state index < -0.39 is 0 Å². The van der Waals surface area contributed by atoms with Crippen molar-refractivity contribution in [2.45, 2.75) is 19.3 Å². The highest BCUT2D eigenvalue weighted by atomic mass is 16.2. The van der Waals surface area contributed by atoms with Crippen LogP contribution in [0.25, 0.3) is 0 Å². The lowest BCUT2D eigenvalue weighted by atomic mass is 10.2. The van der Waals surface area contributed by atoms with Gasteiger partial charge in [-0.25, -0.2) is 0 Å². The Balaban J connectivity index is 2.22. The average molecular weight is 191 g/mol. The van der Waals surface area contributed by atoms with Crippen LogP contribution in [0.2, 0.25) is 0 Å². The highest BCUT2D eigenvalue weighted by Crippen LogP contribution is 2.06. The van der Waals surface area contributed by atoms with Crippen molar-refractivity contribution in [1.82, 2.24) is 4.90 Å². The van der Waals surface area contributed by atoms with Crippen LogP contribution in [0.15, 0.2) is 30.5 Å². The molecule has 2 amide bonds. The number of carbonyl (C=O) groups is 2. The minimum atomic E-state index is -0.200. The number of allylic oxidation sites excluding steroid dienone is 1. The number of carbonyl (C=O) groups excluding carboxylic acids is 2. The Bertz CT molecular complexity index is 293. The molecule has 0 bridgehead atoms. The normalized spacial score (nSPS) is 14.7. The minimum absolute atomic E-state index is 0.200. The SMILES string of the molecule is C=C=CCCCCN1C(=O)C=CC1=O. The van der Waals surface area contributed by atoms with E-state index in [1.165, 1.54) is 17.1 Å². The van der Waals surface area contributed by atoms with E-state index >= 15 is 0 Å². The predicted molar refractivity (Wildman–Crippen MR) is 53.4 cm³/mol. The molecule has 74 valence electrons. The first-order valence-corrected chi connectivity index (χ1v) is 4.63. The molecule has 0 aliphatic carbocycles. The molecule has 1 heterocycles. The van der Waals surface area contributed by atoms with Crippen LogP contribution < -0.4 is 0 Å². The fourth-order valence-corrected chi connectivity index (χ4v) is 1.27. The van der Waals surface area contributed by atoms with E-state index in [9.17, 15) is 9.59 Å². The molecule has 0 saturated heterocycles. The average Bonchev–Trinajstić information content (AvgIpc) is 2.48. The largest absolute Gasteiger partial charge is 0.275 e. The van der Waals surface area contributed by atoms with Crippen LogP contribution in [-0.2, 0) is 9.59 Å². The Morgan fingerprint density at radius 2 is 1.93 bits per heavy atom. The maximum absolute atomic E-state index is 11.1. The molecule has 0 atom stereocenters. The van der Waals surface area contributed by atoms with Gasteiger partial charge in [-0.05, 0) is 25.3 Å². The summed E-state index contributed by atoms with van der Waals surface area (Å²) in [5, 5.41) is 0. The first kappa shape index (κ1) is 10.5. The summed E-state index contributed by atoms with van der Waals surface area (Å²) in [5.41, 5.74) is 2.68. The summed E-state index contributed by atoms with van der Waals surface area (Å²) in [6.07, 6.45) is 7.15. The third-order valence-electron chi connectivity index (χ3n) is 2.03. The third-order valence-corrected chi connectivity index (χ3v) is 2.03. The van der Waals surface area contributed by atoms with Gasteiger partial charge in [0.25, 0.3) is 11.8 Å². The highest BCUT2D eigenvalue weighted by Gasteiger charge is 2.21. The van der Waals surface area contributed by atoms with E-state index in [0.717, 1.165) is 19.3 Å². The fraction of sp³-hybridized carbons (Fsp3) is 0.364. The summed E-state index contributed by atoms with van der Waals surface area (Å²) >= 11 is 0. The summed E-state index contributed by atoms with van der Waals surface area (Å²) in [6.45, 7) is 3.96. The van der Waals surface area contributed by atoms with Gasteiger partial charge < -0.3 is 0 Å². The van der Waals surface area contributed by atoms with Crippen molar-refractivity contribution < 1.29 is 9.59 Å². The van der Waals surface area contributed by atoms with Crippen LogP contribution in [0.1, 0.15) is 19.3 Å². The summed E-state index contributed by atoms with van der Waals surface area (Å²) in [6, 6.07) is 0. The van der Waals surface area contributed by atoms with Gasteiger partial charge in [0.15, 0.2) is 0 Å². The molecule has 1 rings (SSSR count). The van der Waals surface area contributed by atoms with Crippen LogP contribution in [0, 0.1) is 0 Å². The second kappa shape index (κ2) is 5.20. The zero-order chi connectivity index (χ0) is 10.4. The van der Waals surface area contributed by atoms with Crippen molar-refractivity contribution in [2.75, 3.05) is 6.54 Å². The van der Waals surface area contributed by atoms with E-state index in [1.54, 1.807) is 0 Å². The topological polar surface area (TPSA) is 37.4 Å². The lowest BCUT2D eigenvalue weighted by molar-refractivity contribution is -0.136.